The van der Waals surface area contributed by atoms with Crippen molar-refractivity contribution in [3.8, 4) is 0 Å². The second-order valence-corrected chi connectivity index (χ2v) is 3.34. The molecule has 1 heterocycles. The SMILES string of the molecule is CC.CCNC1CCN(C(C)=O)CC1. The summed E-state index contributed by atoms with van der Waals surface area (Å²) >= 11 is 0. The minimum atomic E-state index is 0.213. The molecule has 0 atom stereocenters. The molecule has 1 fully saturated rings. The molecule has 1 saturated heterocycles. The van der Waals surface area contributed by atoms with Gasteiger partial charge in [0.25, 0.3) is 0 Å². The van der Waals surface area contributed by atoms with Gasteiger partial charge < -0.3 is 10.2 Å². The number of carbonyl (C=O) groups excluding carboxylic acids is 1. The van der Waals surface area contributed by atoms with Crippen LogP contribution in [0, 0.1) is 0 Å². The number of hydrogen-bond acceptors (Lipinski definition) is 2. The van der Waals surface area contributed by atoms with Gasteiger partial charge in [-0.2, -0.15) is 0 Å². The lowest BCUT2D eigenvalue weighted by molar-refractivity contribution is -0.129. The van der Waals surface area contributed by atoms with Crippen molar-refractivity contribution in [2.75, 3.05) is 19.6 Å². The summed E-state index contributed by atoms with van der Waals surface area (Å²) in [6, 6.07) is 0.630. The van der Waals surface area contributed by atoms with E-state index in [1.165, 1.54) is 0 Å². The Morgan fingerprint density at radius 3 is 2.21 bits per heavy atom. The average molecular weight is 200 g/mol. The van der Waals surface area contributed by atoms with Gasteiger partial charge in [-0.1, -0.05) is 20.8 Å². The number of nitrogens with one attached hydrogen (secondary N) is 1. The molecular formula is C11H24N2O. The first-order chi connectivity index (χ1) is 6.74. The van der Waals surface area contributed by atoms with E-state index >= 15 is 0 Å². The highest BCUT2D eigenvalue weighted by Gasteiger charge is 2.19. The fourth-order valence-corrected chi connectivity index (χ4v) is 1.69. The third-order valence-electron chi connectivity index (χ3n) is 2.43. The second kappa shape index (κ2) is 7.80. The number of amides is 1. The Labute approximate surface area is 87.9 Å². The normalized spacial score (nSPS) is 17.3. The Kier molecular flexibility index (Phi) is 7.48. The highest BCUT2D eigenvalue weighted by Crippen LogP contribution is 2.09. The van der Waals surface area contributed by atoms with E-state index in [1.807, 2.05) is 18.7 Å². The zero-order valence-electron chi connectivity index (χ0n) is 9.97. The number of carbonyl (C=O) groups is 1. The molecule has 0 bridgehead atoms. The number of nitrogens with zero attached hydrogens (tertiary/aromatic N) is 1. The van der Waals surface area contributed by atoms with Gasteiger partial charge in [-0.05, 0) is 19.4 Å². The first-order valence-electron chi connectivity index (χ1n) is 5.73. The molecule has 1 N–H and O–H groups in total. The predicted molar refractivity (Wildman–Crippen MR) is 60.3 cm³/mol. The van der Waals surface area contributed by atoms with Crippen LogP contribution < -0.4 is 5.32 Å². The summed E-state index contributed by atoms with van der Waals surface area (Å²) in [5, 5.41) is 3.41. The Hall–Kier alpha value is -0.570. The number of piperidine rings is 1. The molecule has 3 heteroatoms. The van der Waals surface area contributed by atoms with Crippen LogP contribution in [0.25, 0.3) is 0 Å². The fraction of sp³-hybridized carbons (Fsp3) is 0.909. The molecule has 14 heavy (non-hydrogen) atoms. The van der Waals surface area contributed by atoms with Gasteiger partial charge in [0.15, 0.2) is 0 Å². The van der Waals surface area contributed by atoms with E-state index in [0.717, 1.165) is 32.5 Å². The smallest absolute Gasteiger partial charge is 0.219 e. The Morgan fingerprint density at radius 2 is 1.86 bits per heavy atom. The van der Waals surface area contributed by atoms with Crippen molar-refractivity contribution in [3.05, 3.63) is 0 Å². The monoisotopic (exact) mass is 200 g/mol. The maximum Gasteiger partial charge on any atom is 0.219 e. The van der Waals surface area contributed by atoms with Gasteiger partial charge in [0, 0.05) is 26.1 Å². The van der Waals surface area contributed by atoms with Gasteiger partial charge in [-0.3, -0.25) is 4.79 Å². The quantitative estimate of drug-likeness (QED) is 0.735. The molecule has 0 aromatic carbocycles. The molecule has 1 rings (SSSR count). The maximum atomic E-state index is 11.0. The average Bonchev–Trinajstić information content (AvgIpc) is 2.22. The summed E-state index contributed by atoms with van der Waals surface area (Å²) < 4.78 is 0. The van der Waals surface area contributed by atoms with Crippen LogP contribution in [0.2, 0.25) is 0 Å². The van der Waals surface area contributed by atoms with E-state index in [-0.39, 0.29) is 5.91 Å². The van der Waals surface area contributed by atoms with Crippen LogP contribution >= 0.6 is 0 Å². The second-order valence-electron chi connectivity index (χ2n) is 3.34. The summed E-state index contributed by atoms with van der Waals surface area (Å²) in [4.78, 5) is 12.9. The Balaban J connectivity index is 0.000000791. The molecule has 3 nitrogen and oxygen atoms in total. The molecule has 1 aliphatic heterocycles. The van der Waals surface area contributed by atoms with Gasteiger partial charge >= 0.3 is 0 Å². The van der Waals surface area contributed by atoms with E-state index in [4.69, 9.17) is 0 Å². The lowest BCUT2D eigenvalue weighted by Crippen LogP contribution is -2.44. The van der Waals surface area contributed by atoms with Crippen molar-refractivity contribution in [1.82, 2.24) is 10.2 Å². The zero-order valence-corrected chi connectivity index (χ0v) is 9.97. The highest BCUT2D eigenvalue weighted by molar-refractivity contribution is 5.73. The maximum absolute atomic E-state index is 11.0. The molecule has 0 aromatic heterocycles. The van der Waals surface area contributed by atoms with Crippen LogP contribution in [0.3, 0.4) is 0 Å². The zero-order chi connectivity index (χ0) is 11.0. The summed E-state index contributed by atoms with van der Waals surface area (Å²) in [5.41, 5.74) is 0. The van der Waals surface area contributed by atoms with Crippen LogP contribution in [0.4, 0.5) is 0 Å². The fourth-order valence-electron chi connectivity index (χ4n) is 1.69. The molecule has 0 saturated carbocycles. The third-order valence-corrected chi connectivity index (χ3v) is 2.43. The molecule has 84 valence electrons. The van der Waals surface area contributed by atoms with Gasteiger partial charge in [-0.25, -0.2) is 0 Å². The van der Waals surface area contributed by atoms with Crippen LogP contribution in [0.15, 0.2) is 0 Å². The summed E-state index contributed by atoms with van der Waals surface area (Å²) in [7, 11) is 0. The lowest BCUT2D eigenvalue weighted by Gasteiger charge is -2.31. The summed E-state index contributed by atoms with van der Waals surface area (Å²) in [5.74, 6) is 0.213. The van der Waals surface area contributed by atoms with Crippen molar-refractivity contribution in [3.63, 3.8) is 0 Å². The van der Waals surface area contributed by atoms with E-state index in [9.17, 15) is 4.79 Å². The number of rotatable bonds is 2. The Bertz CT molecular complexity index is 151. The van der Waals surface area contributed by atoms with Crippen molar-refractivity contribution in [2.45, 2.75) is 46.6 Å². The first kappa shape index (κ1) is 13.4. The molecule has 0 aromatic rings. The predicted octanol–water partition coefficient (Wildman–Crippen LogP) is 1.63. The molecule has 0 spiro atoms. The van der Waals surface area contributed by atoms with Gasteiger partial charge in [0.1, 0.15) is 0 Å². The molecule has 1 aliphatic rings. The van der Waals surface area contributed by atoms with E-state index in [0.29, 0.717) is 6.04 Å². The topological polar surface area (TPSA) is 32.3 Å². The lowest BCUT2D eigenvalue weighted by atomic mass is 10.1. The van der Waals surface area contributed by atoms with Crippen molar-refractivity contribution >= 4 is 5.91 Å². The van der Waals surface area contributed by atoms with E-state index in [2.05, 4.69) is 12.2 Å². The molecule has 1 amide bonds. The van der Waals surface area contributed by atoms with E-state index < -0.39 is 0 Å². The minimum absolute atomic E-state index is 0.213. The summed E-state index contributed by atoms with van der Waals surface area (Å²) in [6.07, 6.45) is 2.21. The molecule has 0 aliphatic carbocycles. The van der Waals surface area contributed by atoms with Crippen molar-refractivity contribution in [1.29, 1.82) is 0 Å². The Morgan fingerprint density at radius 1 is 1.36 bits per heavy atom. The van der Waals surface area contributed by atoms with Gasteiger partial charge in [0.05, 0.1) is 0 Å². The van der Waals surface area contributed by atoms with Crippen molar-refractivity contribution < 1.29 is 4.79 Å². The molecular weight excluding hydrogens is 176 g/mol. The van der Waals surface area contributed by atoms with Crippen LogP contribution in [0.1, 0.15) is 40.5 Å². The van der Waals surface area contributed by atoms with Gasteiger partial charge in [-0.15, -0.1) is 0 Å². The van der Waals surface area contributed by atoms with Crippen LogP contribution in [0.5, 0.6) is 0 Å². The minimum Gasteiger partial charge on any atom is -0.343 e. The van der Waals surface area contributed by atoms with Crippen LogP contribution in [-0.2, 0) is 4.79 Å². The third kappa shape index (κ3) is 4.61. The summed E-state index contributed by atoms with van der Waals surface area (Å²) in [6.45, 7) is 10.6. The molecule has 0 radical (unpaired) electrons. The highest BCUT2D eigenvalue weighted by atomic mass is 16.2. The standard InChI is InChI=1S/C9H18N2O.C2H6/c1-3-10-9-4-6-11(7-5-9)8(2)12;1-2/h9-10H,3-7H2,1-2H3;1-2H3. The van der Waals surface area contributed by atoms with Crippen molar-refractivity contribution in [2.24, 2.45) is 0 Å². The van der Waals surface area contributed by atoms with Crippen LogP contribution in [-0.4, -0.2) is 36.5 Å². The van der Waals surface area contributed by atoms with E-state index in [1.54, 1.807) is 6.92 Å². The molecule has 0 unspecified atom stereocenters. The number of likely N-dealkylation sites (tertiary alicyclic amines) is 1. The number of hydrogen-bond donors (Lipinski definition) is 1. The largest absolute Gasteiger partial charge is 0.343 e. The van der Waals surface area contributed by atoms with Gasteiger partial charge in [0.2, 0.25) is 5.91 Å². The first-order valence-corrected chi connectivity index (χ1v) is 5.73.